The molecule has 1 fully saturated rings. The maximum Gasteiger partial charge on any atom is 0.272 e. The molecule has 1 aliphatic heterocycles. The van der Waals surface area contributed by atoms with Crippen molar-refractivity contribution < 1.29 is 14.3 Å². The van der Waals surface area contributed by atoms with Crippen molar-refractivity contribution in [2.45, 2.75) is 6.92 Å². The second-order valence-electron chi connectivity index (χ2n) is 8.61. The van der Waals surface area contributed by atoms with Crippen LogP contribution < -0.4 is 14.4 Å². The molecule has 4 heterocycles. The Bertz CT molecular complexity index is 1370. The van der Waals surface area contributed by atoms with Gasteiger partial charge in [-0.15, -0.1) is 0 Å². The van der Waals surface area contributed by atoms with Crippen LogP contribution in [-0.2, 0) is 7.05 Å². The van der Waals surface area contributed by atoms with E-state index < -0.39 is 0 Å². The van der Waals surface area contributed by atoms with Crippen LogP contribution in [-0.4, -0.2) is 75.5 Å². The fourth-order valence-corrected chi connectivity index (χ4v) is 4.43. The van der Waals surface area contributed by atoms with E-state index in [9.17, 15) is 4.79 Å². The third-order valence-corrected chi connectivity index (χ3v) is 6.35. The molecular weight excluding hydrogens is 458 g/mol. The number of nitrogens with zero attached hydrogens (tertiary/aromatic N) is 7. The topological polar surface area (TPSA) is 90.5 Å². The highest BCUT2D eigenvalue weighted by molar-refractivity contribution is 5.94. The molecule has 1 amide bonds. The summed E-state index contributed by atoms with van der Waals surface area (Å²) in [6, 6.07) is 13.3. The van der Waals surface area contributed by atoms with Gasteiger partial charge in [0.05, 0.1) is 19.9 Å². The zero-order valence-electron chi connectivity index (χ0n) is 20.9. The fraction of sp³-hybridized carbons (Fsp3) is 0.308. The summed E-state index contributed by atoms with van der Waals surface area (Å²) in [5.74, 6) is 3.72. The normalized spacial score (nSPS) is 13.7. The highest BCUT2D eigenvalue weighted by Crippen LogP contribution is 2.33. The monoisotopic (exact) mass is 487 g/mol. The van der Waals surface area contributed by atoms with Crippen LogP contribution in [0, 0.1) is 6.92 Å². The second kappa shape index (κ2) is 9.73. The molecule has 0 bridgehead atoms. The van der Waals surface area contributed by atoms with Gasteiger partial charge in [0.15, 0.2) is 0 Å². The summed E-state index contributed by atoms with van der Waals surface area (Å²) in [6.45, 7) is 4.44. The minimum Gasteiger partial charge on any atom is -0.497 e. The van der Waals surface area contributed by atoms with Crippen LogP contribution in [0.1, 0.15) is 16.3 Å². The van der Waals surface area contributed by atoms with E-state index in [2.05, 4.69) is 20.0 Å². The first kappa shape index (κ1) is 23.4. The van der Waals surface area contributed by atoms with Crippen molar-refractivity contribution >= 4 is 11.7 Å². The van der Waals surface area contributed by atoms with E-state index in [0.29, 0.717) is 54.9 Å². The smallest absolute Gasteiger partial charge is 0.272 e. The van der Waals surface area contributed by atoms with Crippen LogP contribution in [0.4, 0.5) is 5.82 Å². The lowest BCUT2D eigenvalue weighted by atomic mass is 10.1. The standard InChI is InChI=1S/C26H29N7O3/c1-18-27-24(31-9-5-6-10-31)17-25(28-18)32-11-13-33(14-12-32)26(34)22-16-21(29-30(22)2)20-15-19(35-3)7-8-23(20)36-4/h5-10,15-17H,11-14H2,1-4H3. The molecule has 0 atom stereocenters. The molecule has 0 unspecified atom stereocenters. The third kappa shape index (κ3) is 4.49. The molecule has 0 radical (unpaired) electrons. The summed E-state index contributed by atoms with van der Waals surface area (Å²) in [5, 5.41) is 4.59. The minimum absolute atomic E-state index is 0.0512. The Morgan fingerprint density at radius 3 is 2.33 bits per heavy atom. The molecule has 36 heavy (non-hydrogen) atoms. The van der Waals surface area contributed by atoms with E-state index >= 15 is 0 Å². The molecule has 0 N–H and O–H groups in total. The number of ether oxygens (including phenoxy) is 2. The molecule has 0 aliphatic carbocycles. The number of benzene rings is 1. The predicted molar refractivity (Wildman–Crippen MR) is 136 cm³/mol. The maximum atomic E-state index is 13.4. The number of hydrogen-bond donors (Lipinski definition) is 0. The first-order chi connectivity index (χ1) is 17.5. The lowest BCUT2D eigenvalue weighted by molar-refractivity contribution is 0.0735. The van der Waals surface area contributed by atoms with Crippen molar-refractivity contribution in [2.75, 3.05) is 45.3 Å². The number of carbonyl (C=O) groups is 1. The Balaban J connectivity index is 1.32. The number of aryl methyl sites for hydroxylation is 2. The number of rotatable bonds is 6. The molecule has 3 aromatic heterocycles. The summed E-state index contributed by atoms with van der Waals surface area (Å²) in [5.41, 5.74) is 1.95. The van der Waals surface area contributed by atoms with Gasteiger partial charge in [-0.05, 0) is 43.3 Å². The average Bonchev–Trinajstić information content (AvgIpc) is 3.58. The summed E-state index contributed by atoms with van der Waals surface area (Å²) in [4.78, 5) is 26.7. The molecule has 1 saturated heterocycles. The largest absolute Gasteiger partial charge is 0.497 e. The minimum atomic E-state index is -0.0512. The highest BCUT2D eigenvalue weighted by Gasteiger charge is 2.26. The SMILES string of the molecule is COc1ccc(OC)c(-c2cc(C(=O)N3CCN(c4cc(-n5cccc5)nc(C)n4)CC3)n(C)n2)c1. The van der Waals surface area contributed by atoms with Crippen LogP contribution in [0.15, 0.2) is 54.9 Å². The first-order valence-electron chi connectivity index (χ1n) is 11.8. The molecule has 10 nitrogen and oxygen atoms in total. The number of hydrogen-bond acceptors (Lipinski definition) is 7. The van der Waals surface area contributed by atoms with Crippen molar-refractivity contribution in [1.82, 2.24) is 29.2 Å². The van der Waals surface area contributed by atoms with Crippen LogP contribution in [0.3, 0.4) is 0 Å². The van der Waals surface area contributed by atoms with Crippen molar-refractivity contribution in [3.63, 3.8) is 0 Å². The predicted octanol–water partition coefficient (Wildman–Crippen LogP) is 2.96. The zero-order valence-corrected chi connectivity index (χ0v) is 20.9. The summed E-state index contributed by atoms with van der Waals surface area (Å²) >= 11 is 0. The third-order valence-electron chi connectivity index (χ3n) is 6.35. The van der Waals surface area contributed by atoms with Gasteiger partial charge in [0.1, 0.15) is 34.7 Å². The molecular formula is C26H29N7O3. The summed E-state index contributed by atoms with van der Waals surface area (Å²) in [6.07, 6.45) is 3.93. The number of amides is 1. The second-order valence-corrected chi connectivity index (χ2v) is 8.61. The lowest BCUT2D eigenvalue weighted by Gasteiger charge is -2.35. The molecule has 186 valence electrons. The lowest BCUT2D eigenvalue weighted by Crippen LogP contribution is -2.49. The number of carbonyl (C=O) groups excluding carboxylic acids is 1. The fourth-order valence-electron chi connectivity index (χ4n) is 4.43. The Kier molecular flexibility index (Phi) is 6.32. The number of piperazine rings is 1. The Morgan fingerprint density at radius 1 is 0.917 bits per heavy atom. The van der Waals surface area contributed by atoms with Crippen LogP contribution in [0.5, 0.6) is 11.5 Å². The summed E-state index contributed by atoms with van der Waals surface area (Å²) in [7, 11) is 5.01. The van der Waals surface area contributed by atoms with E-state index in [0.717, 1.165) is 17.2 Å². The van der Waals surface area contributed by atoms with E-state index in [1.165, 1.54) is 0 Å². The Hall–Kier alpha value is -4.34. The van der Waals surface area contributed by atoms with E-state index in [-0.39, 0.29) is 5.91 Å². The molecule has 1 aliphatic rings. The Labute approximate surface area is 209 Å². The van der Waals surface area contributed by atoms with Gasteiger partial charge >= 0.3 is 0 Å². The van der Waals surface area contributed by atoms with E-state index in [1.807, 2.05) is 71.2 Å². The van der Waals surface area contributed by atoms with Gasteiger partial charge in [0.2, 0.25) is 0 Å². The summed E-state index contributed by atoms with van der Waals surface area (Å²) < 4.78 is 14.5. The van der Waals surface area contributed by atoms with Gasteiger partial charge in [-0.25, -0.2) is 9.97 Å². The molecule has 4 aromatic rings. The van der Waals surface area contributed by atoms with Crippen molar-refractivity contribution in [1.29, 1.82) is 0 Å². The first-order valence-corrected chi connectivity index (χ1v) is 11.8. The quantitative estimate of drug-likeness (QED) is 0.413. The van der Waals surface area contributed by atoms with Gasteiger partial charge in [0.25, 0.3) is 5.91 Å². The number of anilines is 1. The zero-order chi connectivity index (χ0) is 25.2. The van der Waals surface area contributed by atoms with Gasteiger partial charge in [-0.2, -0.15) is 5.10 Å². The average molecular weight is 488 g/mol. The van der Waals surface area contributed by atoms with Crippen molar-refractivity contribution in [3.05, 3.63) is 66.4 Å². The molecule has 0 spiro atoms. The van der Waals surface area contributed by atoms with Gasteiger partial charge < -0.3 is 23.8 Å². The van der Waals surface area contributed by atoms with Gasteiger partial charge in [0, 0.05) is 57.3 Å². The van der Waals surface area contributed by atoms with E-state index in [4.69, 9.17) is 9.47 Å². The van der Waals surface area contributed by atoms with Crippen molar-refractivity contribution in [2.24, 2.45) is 7.05 Å². The highest BCUT2D eigenvalue weighted by atomic mass is 16.5. The van der Waals surface area contributed by atoms with Crippen LogP contribution in [0.2, 0.25) is 0 Å². The van der Waals surface area contributed by atoms with Crippen LogP contribution in [0.25, 0.3) is 17.1 Å². The number of aromatic nitrogens is 5. The van der Waals surface area contributed by atoms with Gasteiger partial charge in [-0.3, -0.25) is 9.48 Å². The molecule has 1 aromatic carbocycles. The van der Waals surface area contributed by atoms with Gasteiger partial charge in [-0.1, -0.05) is 0 Å². The van der Waals surface area contributed by atoms with Crippen molar-refractivity contribution in [3.8, 4) is 28.6 Å². The molecule has 10 heteroatoms. The number of methoxy groups -OCH3 is 2. The Morgan fingerprint density at radius 2 is 1.64 bits per heavy atom. The molecule has 5 rings (SSSR count). The molecule has 0 saturated carbocycles. The van der Waals surface area contributed by atoms with Crippen LogP contribution >= 0.6 is 0 Å². The maximum absolute atomic E-state index is 13.4. The van der Waals surface area contributed by atoms with E-state index in [1.54, 1.807) is 25.9 Å².